The average Bonchev–Trinajstić information content (AvgIpc) is 2.42. The van der Waals surface area contributed by atoms with Gasteiger partial charge in [0, 0.05) is 26.8 Å². The summed E-state index contributed by atoms with van der Waals surface area (Å²) in [6, 6.07) is 10.9. The van der Waals surface area contributed by atoms with Crippen molar-refractivity contribution in [3.63, 3.8) is 0 Å². The molecule has 0 atom stereocenters. The van der Waals surface area contributed by atoms with Crippen molar-refractivity contribution in [3.05, 3.63) is 61.5 Å². The molecule has 2 nitrogen and oxygen atoms in total. The van der Waals surface area contributed by atoms with Gasteiger partial charge in [0.1, 0.15) is 0 Å². The van der Waals surface area contributed by atoms with E-state index in [0.717, 1.165) is 15.7 Å². The minimum atomic E-state index is 0.486. The molecule has 0 saturated heterocycles. The fourth-order valence-corrected chi connectivity index (χ4v) is 2.68. The molecule has 7 heteroatoms. The van der Waals surface area contributed by atoms with Crippen LogP contribution in [0.25, 0.3) is 0 Å². The first kappa shape index (κ1) is 16.8. The summed E-state index contributed by atoms with van der Waals surface area (Å²) in [4.78, 5) is 0. The van der Waals surface area contributed by atoms with Crippen LogP contribution >= 0.6 is 63.0 Å². The average molecular weight is 425 g/mol. The molecule has 0 heterocycles. The van der Waals surface area contributed by atoms with Gasteiger partial charge in [0.05, 0.1) is 5.02 Å². The largest absolute Gasteiger partial charge is 0.358 e. The highest BCUT2D eigenvalue weighted by molar-refractivity contribution is 9.10. The van der Waals surface area contributed by atoms with E-state index in [2.05, 4.69) is 26.6 Å². The van der Waals surface area contributed by atoms with E-state index in [1.165, 1.54) is 0 Å². The Kier molecular flexibility index (Phi) is 6.14. The van der Waals surface area contributed by atoms with Gasteiger partial charge in [0.15, 0.2) is 5.11 Å². The predicted molar refractivity (Wildman–Crippen MR) is 98.7 cm³/mol. The van der Waals surface area contributed by atoms with Crippen molar-refractivity contribution in [2.24, 2.45) is 0 Å². The number of benzene rings is 2. The van der Waals surface area contributed by atoms with Crippen LogP contribution in [-0.4, -0.2) is 5.11 Å². The molecule has 0 aromatic heterocycles. The topological polar surface area (TPSA) is 24.1 Å². The molecule has 0 fully saturated rings. The third-order valence-electron chi connectivity index (χ3n) is 2.63. The second-order valence-electron chi connectivity index (χ2n) is 4.17. The number of hydrogen-bond donors (Lipinski definition) is 2. The van der Waals surface area contributed by atoms with Gasteiger partial charge < -0.3 is 10.6 Å². The lowest BCUT2D eigenvalue weighted by Crippen LogP contribution is -2.27. The molecule has 2 aromatic rings. The van der Waals surface area contributed by atoms with Gasteiger partial charge in [-0.25, -0.2) is 0 Å². The third kappa shape index (κ3) is 5.01. The van der Waals surface area contributed by atoms with Crippen molar-refractivity contribution < 1.29 is 0 Å². The maximum atomic E-state index is 6.10. The molecule has 0 spiro atoms. The molecule has 0 bridgehead atoms. The molecule has 2 aromatic carbocycles. The Labute approximate surface area is 151 Å². The van der Waals surface area contributed by atoms with E-state index >= 15 is 0 Å². The van der Waals surface area contributed by atoms with E-state index in [1.807, 2.05) is 18.2 Å². The number of rotatable bonds is 3. The second-order valence-corrected chi connectivity index (χ2v) is 6.69. The first-order valence-corrected chi connectivity index (χ1v) is 8.23. The SMILES string of the molecule is S=C(NCc1ccc(Cl)cc1Cl)Nc1ccc(Br)c(Cl)c1. The van der Waals surface area contributed by atoms with Crippen LogP contribution in [0.5, 0.6) is 0 Å². The zero-order chi connectivity index (χ0) is 15.4. The normalized spacial score (nSPS) is 10.3. The van der Waals surface area contributed by atoms with Crippen LogP contribution in [0.1, 0.15) is 5.56 Å². The lowest BCUT2D eigenvalue weighted by molar-refractivity contribution is 0.926. The van der Waals surface area contributed by atoms with Gasteiger partial charge in [-0.15, -0.1) is 0 Å². The summed E-state index contributed by atoms with van der Waals surface area (Å²) in [7, 11) is 0. The van der Waals surface area contributed by atoms with Crippen LogP contribution in [0.15, 0.2) is 40.9 Å². The molecule has 0 aliphatic carbocycles. The van der Waals surface area contributed by atoms with Crippen molar-refractivity contribution in [3.8, 4) is 0 Å². The number of thiocarbonyl (C=S) groups is 1. The van der Waals surface area contributed by atoms with Crippen LogP contribution in [0.2, 0.25) is 15.1 Å². The molecular weight excluding hydrogens is 414 g/mol. The summed E-state index contributed by atoms with van der Waals surface area (Å²) in [6.07, 6.45) is 0. The highest BCUT2D eigenvalue weighted by Crippen LogP contribution is 2.25. The molecule has 110 valence electrons. The molecule has 0 saturated carbocycles. The van der Waals surface area contributed by atoms with E-state index < -0.39 is 0 Å². The fourth-order valence-electron chi connectivity index (χ4n) is 1.59. The number of anilines is 1. The van der Waals surface area contributed by atoms with Crippen LogP contribution in [-0.2, 0) is 6.54 Å². The second kappa shape index (κ2) is 7.65. The highest BCUT2D eigenvalue weighted by Gasteiger charge is 2.04. The van der Waals surface area contributed by atoms with Crippen molar-refractivity contribution in [2.45, 2.75) is 6.54 Å². The molecular formula is C14H10BrCl3N2S. The van der Waals surface area contributed by atoms with Crippen LogP contribution in [0, 0.1) is 0 Å². The van der Waals surface area contributed by atoms with E-state index in [0.29, 0.717) is 26.7 Å². The summed E-state index contributed by atoms with van der Waals surface area (Å²) in [5.74, 6) is 0. The summed E-state index contributed by atoms with van der Waals surface area (Å²) in [5.41, 5.74) is 1.72. The molecule has 0 aliphatic rings. The molecule has 0 amide bonds. The van der Waals surface area contributed by atoms with Crippen molar-refractivity contribution >= 4 is 73.8 Å². The van der Waals surface area contributed by atoms with E-state index in [-0.39, 0.29) is 0 Å². The van der Waals surface area contributed by atoms with Gasteiger partial charge >= 0.3 is 0 Å². The molecule has 21 heavy (non-hydrogen) atoms. The number of halogens is 4. The maximum Gasteiger partial charge on any atom is 0.171 e. The summed E-state index contributed by atoms with van der Waals surface area (Å²) in [5, 5.41) is 8.44. The monoisotopic (exact) mass is 422 g/mol. The van der Waals surface area contributed by atoms with Gasteiger partial charge in [0.2, 0.25) is 0 Å². The van der Waals surface area contributed by atoms with Gasteiger partial charge in [-0.1, -0.05) is 40.9 Å². The van der Waals surface area contributed by atoms with Gasteiger partial charge in [-0.05, 0) is 64.0 Å². The molecule has 0 aliphatic heterocycles. The van der Waals surface area contributed by atoms with Gasteiger partial charge in [-0.3, -0.25) is 0 Å². The van der Waals surface area contributed by atoms with Gasteiger partial charge in [0.25, 0.3) is 0 Å². The van der Waals surface area contributed by atoms with Crippen molar-refractivity contribution in [2.75, 3.05) is 5.32 Å². The molecule has 2 N–H and O–H groups in total. The summed E-state index contributed by atoms with van der Waals surface area (Å²) in [6.45, 7) is 0.506. The van der Waals surface area contributed by atoms with Crippen LogP contribution < -0.4 is 10.6 Å². The zero-order valence-electron chi connectivity index (χ0n) is 10.6. The molecule has 0 unspecified atom stereocenters. The summed E-state index contributed by atoms with van der Waals surface area (Å²) >= 11 is 26.6. The van der Waals surface area contributed by atoms with Crippen LogP contribution in [0.4, 0.5) is 5.69 Å². The van der Waals surface area contributed by atoms with Crippen molar-refractivity contribution in [1.82, 2.24) is 5.32 Å². The van der Waals surface area contributed by atoms with Crippen molar-refractivity contribution in [1.29, 1.82) is 0 Å². The Morgan fingerprint density at radius 2 is 1.81 bits per heavy atom. The van der Waals surface area contributed by atoms with E-state index in [4.69, 9.17) is 47.0 Å². The van der Waals surface area contributed by atoms with E-state index in [1.54, 1.807) is 18.2 Å². The quantitative estimate of drug-likeness (QED) is 0.600. The van der Waals surface area contributed by atoms with Gasteiger partial charge in [-0.2, -0.15) is 0 Å². The van der Waals surface area contributed by atoms with E-state index in [9.17, 15) is 0 Å². The fraction of sp³-hybridized carbons (Fsp3) is 0.0714. The van der Waals surface area contributed by atoms with Crippen LogP contribution in [0.3, 0.4) is 0 Å². The Morgan fingerprint density at radius 1 is 1.05 bits per heavy atom. The lowest BCUT2D eigenvalue weighted by Gasteiger charge is -2.12. The third-order valence-corrected chi connectivity index (χ3v) is 4.70. The Bertz CT molecular complexity index is 679. The highest BCUT2D eigenvalue weighted by atomic mass is 79.9. The first-order chi connectivity index (χ1) is 9.95. The Hall–Kier alpha value is -0.520. The minimum absolute atomic E-state index is 0.486. The summed E-state index contributed by atoms with van der Waals surface area (Å²) < 4.78 is 0.835. The number of hydrogen-bond acceptors (Lipinski definition) is 1. The minimum Gasteiger partial charge on any atom is -0.358 e. The smallest absolute Gasteiger partial charge is 0.171 e. The molecule has 0 radical (unpaired) electrons. The zero-order valence-corrected chi connectivity index (χ0v) is 15.3. The molecule has 2 rings (SSSR count). The maximum absolute atomic E-state index is 6.10. The standard InChI is InChI=1S/C14H10BrCl3N2S/c15-11-4-3-10(6-13(11)18)20-14(21)19-7-8-1-2-9(16)5-12(8)17/h1-6H,7H2,(H2,19,20,21). The predicted octanol–water partition coefficient (Wildman–Crippen LogP) is 5.90. The Balaban J connectivity index is 1.94. The lowest BCUT2D eigenvalue weighted by atomic mass is 10.2. The first-order valence-electron chi connectivity index (χ1n) is 5.89. The number of nitrogens with one attached hydrogen (secondary N) is 2. The Morgan fingerprint density at radius 3 is 2.48 bits per heavy atom.